The average Bonchev–Trinajstić information content (AvgIpc) is 2.96. The highest BCUT2D eigenvalue weighted by molar-refractivity contribution is 7.73. The molecule has 0 aliphatic heterocycles. The zero-order chi connectivity index (χ0) is 24.4. The summed E-state index contributed by atoms with van der Waals surface area (Å²) in [5.41, 5.74) is 0. The molecule has 2 nitrogen and oxygen atoms in total. The second-order valence-electron chi connectivity index (χ2n) is 8.22. The summed E-state index contributed by atoms with van der Waals surface area (Å²) in [6.07, 6.45) is 1.27. The molecular weight excluding hydrogens is 478 g/mol. The van der Waals surface area contributed by atoms with E-state index >= 15 is 0 Å². The third-order valence-corrected chi connectivity index (χ3v) is 10.3. The Morgan fingerprint density at radius 1 is 0.333 bits per heavy atom. The standard InChI is InChI=1S/C32H28O2P2/c1-5-13-29(14-6-1)35(30-15-7-2-8-16-30)25-33-27-21-23-28(24-22-27)34-26-36(31-17-9-3-10-18-31)32-19-11-4-12-20-32/h1-24H,25-26H2. The van der Waals surface area contributed by atoms with Gasteiger partial charge in [0, 0.05) is 0 Å². The molecule has 0 fully saturated rings. The van der Waals surface area contributed by atoms with Gasteiger partial charge in [0.15, 0.2) is 0 Å². The highest BCUT2D eigenvalue weighted by atomic mass is 31.1. The Hall–Kier alpha value is -3.44. The van der Waals surface area contributed by atoms with Crippen molar-refractivity contribution in [2.45, 2.75) is 0 Å². The predicted molar refractivity (Wildman–Crippen MR) is 156 cm³/mol. The lowest BCUT2D eigenvalue weighted by molar-refractivity contribution is 0.379. The van der Waals surface area contributed by atoms with Gasteiger partial charge in [0.05, 0.1) is 0 Å². The first-order valence-corrected chi connectivity index (χ1v) is 15.0. The minimum Gasteiger partial charge on any atom is -0.489 e. The van der Waals surface area contributed by atoms with Crippen molar-refractivity contribution in [3.8, 4) is 11.5 Å². The van der Waals surface area contributed by atoms with Crippen molar-refractivity contribution in [2.24, 2.45) is 0 Å². The summed E-state index contributed by atoms with van der Waals surface area (Å²) in [6, 6.07) is 50.6. The number of hydrogen-bond acceptors (Lipinski definition) is 2. The van der Waals surface area contributed by atoms with Crippen molar-refractivity contribution < 1.29 is 9.47 Å². The molecule has 0 aliphatic carbocycles. The lowest BCUT2D eigenvalue weighted by Crippen LogP contribution is -2.16. The van der Waals surface area contributed by atoms with Gasteiger partial charge in [-0.05, 0) is 61.3 Å². The summed E-state index contributed by atoms with van der Waals surface area (Å²) in [7, 11) is -1.20. The highest BCUT2D eigenvalue weighted by Crippen LogP contribution is 2.36. The number of ether oxygens (including phenoxy) is 2. The first-order valence-electron chi connectivity index (χ1n) is 12.0. The van der Waals surface area contributed by atoms with Crippen LogP contribution < -0.4 is 30.7 Å². The molecule has 0 amide bonds. The zero-order valence-corrected chi connectivity index (χ0v) is 21.8. The van der Waals surface area contributed by atoms with Gasteiger partial charge in [0.25, 0.3) is 0 Å². The molecule has 0 N–H and O–H groups in total. The second-order valence-corrected chi connectivity index (χ2v) is 12.5. The van der Waals surface area contributed by atoms with Crippen molar-refractivity contribution in [1.82, 2.24) is 0 Å². The maximum absolute atomic E-state index is 6.27. The molecule has 0 saturated carbocycles. The molecule has 0 radical (unpaired) electrons. The monoisotopic (exact) mass is 506 g/mol. The molecule has 0 heterocycles. The van der Waals surface area contributed by atoms with Crippen LogP contribution in [0, 0.1) is 0 Å². The second kappa shape index (κ2) is 12.5. The average molecular weight is 507 g/mol. The van der Waals surface area contributed by atoms with Crippen LogP contribution in [0.1, 0.15) is 0 Å². The molecule has 5 aromatic rings. The fraction of sp³-hybridized carbons (Fsp3) is 0.0625. The van der Waals surface area contributed by atoms with E-state index in [1.54, 1.807) is 0 Å². The number of hydrogen-bond donors (Lipinski definition) is 0. The van der Waals surface area contributed by atoms with E-state index in [9.17, 15) is 0 Å². The Labute approximate surface area is 216 Å². The van der Waals surface area contributed by atoms with Crippen molar-refractivity contribution in [3.63, 3.8) is 0 Å². The van der Waals surface area contributed by atoms with E-state index in [1.165, 1.54) is 21.2 Å². The van der Waals surface area contributed by atoms with E-state index < -0.39 is 15.8 Å². The molecule has 178 valence electrons. The van der Waals surface area contributed by atoms with Gasteiger partial charge in [-0.2, -0.15) is 0 Å². The van der Waals surface area contributed by atoms with Gasteiger partial charge in [-0.25, -0.2) is 0 Å². The molecular formula is C32H28O2P2. The van der Waals surface area contributed by atoms with Gasteiger partial charge in [-0.3, -0.25) is 0 Å². The molecule has 0 atom stereocenters. The number of benzene rings is 5. The predicted octanol–water partition coefficient (Wildman–Crippen LogP) is 6.63. The zero-order valence-electron chi connectivity index (χ0n) is 20.0. The SMILES string of the molecule is c1ccc(P(COc2ccc(OCP(c3ccccc3)c3ccccc3)cc2)c2ccccc2)cc1. The van der Waals surface area contributed by atoms with Crippen molar-refractivity contribution >= 4 is 37.1 Å². The largest absolute Gasteiger partial charge is 0.489 e. The Balaban J connectivity index is 1.25. The van der Waals surface area contributed by atoms with Gasteiger partial charge in [0.2, 0.25) is 0 Å². The fourth-order valence-electron chi connectivity index (χ4n) is 3.94. The lowest BCUT2D eigenvalue weighted by atomic mass is 10.3. The van der Waals surface area contributed by atoms with Crippen LogP contribution in [-0.4, -0.2) is 12.7 Å². The smallest absolute Gasteiger partial charge is 0.120 e. The molecule has 0 aromatic heterocycles. The van der Waals surface area contributed by atoms with Crippen LogP contribution in [-0.2, 0) is 0 Å². The van der Waals surface area contributed by atoms with Gasteiger partial charge in [0.1, 0.15) is 24.2 Å². The molecule has 5 rings (SSSR count). The Bertz CT molecular complexity index is 1130. The summed E-state index contributed by atoms with van der Waals surface area (Å²) < 4.78 is 12.5. The Morgan fingerprint density at radius 3 is 0.833 bits per heavy atom. The Kier molecular flexibility index (Phi) is 8.42. The summed E-state index contributed by atoms with van der Waals surface area (Å²) in [4.78, 5) is 0. The first kappa shape index (κ1) is 24.3. The third kappa shape index (κ3) is 6.41. The van der Waals surface area contributed by atoms with E-state index in [1.807, 2.05) is 24.3 Å². The fourth-order valence-corrected chi connectivity index (χ4v) is 7.82. The molecule has 0 aliphatic rings. The van der Waals surface area contributed by atoms with E-state index in [0.29, 0.717) is 12.7 Å². The van der Waals surface area contributed by atoms with Crippen molar-refractivity contribution in [1.29, 1.82) is 0 Å². The number of rotatable bonds is 10. The van der Waals surface area contributed by atoms with Crippen LogP contribution >= 0.6 is 15.8 Å². The lowest BCUT2D eigenvalue weighted by Gasteiger charge is -2.20. The van der Waals surface area contributed by atoms with Gasteiger partial charge < -0.3 is 9.47 Å². The van der Waals surface area contributed by atoms with Crippen LogP contribution in [0.2, 0.25) is 0 Å². The summed E-state index contributed by atoms with van der Waals surface area (Å²) in [5, 5.41) is 5.25. The van der Waals surface area contributed by atoms with Crippen LogP contribution in [0.4, 0.5) is 0 Å². The summed E-state index contributed by atoms with van der Waals surface area (Å²) >= 11 is 0. The quantitative estimate of drug-likeness (QED) is 0.198. The summed E-state index contributed by atoms with van der Waals surface area (Å²) in [6.45, 7) is 0. The molecule has 36 heavy (non-hydrogen) atoms. The first-order chi connectivity index (χ1) is 17.9. The van der Waals surface area contributed by atoms with E-state index in [4.69, 9.17) is 9.47 Å². The van der Waals surface area contributed by atoms with E-state index in [2.05, 4.69) is 121 Å². The molecule has 0 bridgehead atoms. The molecule has 0 saturated heterocycles. The van der Waals surface area contributed by atoms with Gasteiger partial charge in [-0.15, -0.1) is 0 Å². The Morgan fingerprint density at radius 2 is 0.583 bits per heavy atom. The van der Waals surface area contributed by atoms with Crippen molar-refractivity contribution in [2.75, 3.05) is 12.7 Å². The molecule has 0 unspecified atom stereocenters. The normalized spacial score (nSPS) is 10.9. The van der Waals surface area contributed by atoms with Crippen molar-refractivity contribution in [3.05, 3.63) is 146 Å². The third-order valence-electron chi connectivity index (χ3n) is 5.82. The summed E-state index contributed by atoms with van der Waals surface area (Å²) in [5.74, 6) is 1.71. The molecule has 4 heteroatoms. The van der Waals surface area contributed by atoms with Crippen LogP contribution in [0.15, 0.2) is 146 Å². The van der Waals surface area contributed by atoms with Gasteiger partial charge in [-0.1, -0.05) is 121 Å². The highest BCUT2D eigenvalue weighted by Gasteiger charge is 2.16. The van der Waals surface area contributed by atoms with E-state index in [0.717, 1.165) is 11.5 Å². The maximum atomic E-state index is 6.27. The van der Waals surface area contributed by atoms with Crippen LogP contribution in [0.5, 0.6) is 11.5 Å². The minimum absolute atomic E-state index is 0.600. The minimum atomic E-state index is -0.600. The molecule has 0 spiro atoms. The molecule has 5 aromatic carbocycles. The van der Waals surface area contributed by atoms with E-state index in [-0.39, 0.29) is 0 Å². The topological polar surface area (TPSA) is 18.5 Å². The van der Waals surface area contributed by atoms with Crippen LogP contribution in [0.3, 0.4) is 0 Å². The van der Waals surface area contributed by atoms with Gasteiger partial charge >= 0.3 is 0 Å². The van der Waals surface area contributed by atoms with Crippen LogP contribution in [0.25, 0.3) is 0 Å². The maximum Gasteiger partial charge on any atom is 0.120 e.